The number of hydrogen-bond acceptors (Lipinski definition) is 3. The summed E-state index contributed by atoms with van der Waals surface area (Å²) in [7, 11) is 5.40. The zero-order valence-electron chi connectivity index (χ0n) is 9.77. The summed E-state index contributed by atoms with van der Waals surface area (Å²) in [5.41, 5.74) is 1.04. The first-order chi connectivity index (χ1) is 7.49. The zero-order valence-corrected chi connectivity index (χ0v) is 10.5. The monoisotopic (exact) mass is 241 g/mol. The van der Waals surface area contributed by atoms with E-state index >= 15 is 0 Å². The molecule has 0 unspecified atom stereocenters. The van der Waals surface area contributed by atoms with Gasteiger partial charge in [0, 0.05) is 26.8 Å². The maximum absolute atomic E-state index is 11.4. The van der Waals surface area contributed by atoms with Crippen LogP contribution in [0.2, 0.25) is 5.15 Å². The van der Waals surface area contributed by atoms with E-state index in [2.05, 4.69) is 4.98 Å². The molecular weight excluding hydrogens is 226 g/mol. The van der Waals surface area contributed by atoms with Gasteiger partial charge < -0.3 is 4.90 Å². The highest BCUT2D eigenvalue weighted by molar-refractivity contribution is 6.29. The van der Waals surface area contributed by atoms with Gasteiger partial charge in [-0.25, -0.2) is 4.98 Å². The largest absolute Gasteiger partial charge is 0.348 e. The highest BCUT2D eigenvalue weighted by atomic mass is 35.5. The van der Waals surface area contributed by atoms with E-state index in [1.807, 2.05) is 18.0 Å². The van der Waals surface area contributed by atoms with Crippen LogP contribution in [0.3, 0.4) is 0 Å². The minimum Gasteiger partial charge on any atom is -0.348 e. The van der Waals surface area contributed by atoms with Crippen molar-refractivity contribution < 1.29 is 4.79 Å². The van der Waals surface area contributed by atoms with E-state index in [4.69, 9.17) is 11.6 Å². The maximum Gasteiger partial charge on any atom is 0.236 e. The molecule has 0 radical (unpaired) electrons. The van der Waals surface area contributed by atoms with Gasteiger partial charge in [-0.05, 0) is 18.7 Å². The Hall–Kier alpha value is -1.13. The molecule has 0 saturated carbocycles. The van der Waals surface area contributed by atoms with Crippen LogP contribution >= 0.6 is 11.6 Å². The van der Waals surface area contributed by atoms with Crippen LogP contribution in [0.4, 0.5) is 0 Å². The topological polar surface area (TPSA) is 36.4 Å². The van der Waals surface area contributed by atoms with Crippen LogP contribution in [-0.2, 0) is 11.3 Å². The van der Waals surface area contributed by atoms with Crippen LogP contribution in [-0.4, -0.2) is 48.4 Å². The SMILES string of the molecule is CN(CC(=O)N(C)C)Cc1ccc(Cl)nc1. The van der Waals surface area contributed by atoms with Crippen molar-refractivity contribution in [2.45, 2.75) is 6.54 Å². The van der Waals surface area contributed by atoms with Crippen molar-refractivity contribution in [3.05, 3.63) is 29.0 Å². The number of likely N-dealkylation sites (N-methyl/N-ethyl adjacent to an activating group) is 2. The third kappa shape index (κ3) is 4.16. The van der Waals surface area contributed by atoms with E-state index in [1.165, 1.54) is 0 Å². The lowest BCUT2D eigenvalue weighted by Crippen LogP contribution is -2.34. The molecule has 0 aliphatic carbocycles. The van der Waals surface area contributed by atoms with Crippen LogP contribution in [0, 0.1) is 0 Å². The van der Waals surface area contributed by atoms with E-state index in [9.17, 15) is 4.79 Å². The van der Waals surface area contributed by atoms with Gasteiger partial charge in [-0.2, -0.15) is 0 Å². The first kappa shape index (κ1) is 12.9. The third-order valence-corrected chi connectivity index (χ3v) is 2.37. The Morgan fingerprint density at radius 1 is 1.38 bits per heavy atom. The summed E-state index contributed by atoms with van der Waals surface area (Å²) >= 11 is 5.69. The number of aromatic nitrogens is 1. The number of carbonyl (C=O) groups is 1. The fourth-order valence-corrected chi connectivity index (χ4v) is 1.35. The smallest absolute Gasteiger partial charge is 0.236 e. The second kappa shape index (κ2) is 5.82. The summed E-state index contributed by atoms with van der Waals surface area (Å²) in [5, 5.41) is 0.482. The molecule has 0 bridgehead atoms. The first-order valence-corrected chi connectivity index (χ1v) is 5.36. The predicted octanol–water partition coefficient (Wildman–Crippen LogP) is 1.25. The lowest BCUT2D eigenvalue weighted by atomic mass is 10.2. The van der Waals surface area contributed by atoms with Crippen LogP contribution in [0.15, 0.2) is 18.3 Å². The number of nitrogens with zero attached hydrogens (tertiary/aromatic N) is 3. The van der Waals surface area contributed by atoms with Gasteiger partial charge in [-0.15, -0.1) is 0 Å². The molecule has 0 N–H and O–H groups in total. The molecule has 1 amide bonds. The third-order valence-electron chi connectivity index (χ3n) is 2.15. The second-order valence-corrected chi connectivity index (χ2v) is 4.34. The van der Waals surface area contributed by atoms with Crippen molar-refractivity contribution in [2.24, 2.45) is 0 Å². The summed E-state index contributed by atoms with van der Waals surface area (Å²) in [6.45, 7) is 1.08. The van der Waals surface area contributed by atoms with Gasteiger partial charge >= 0.3 is 0 Å². The van der Waals surface area contributed by atoms with Gasteiger partial charge in [0.15, 0.2) is 0 Å². The lowest BCUT2D eigenvalue weighted by molar-refractivity contribution is -0.129. The molecule has 0 atom stereocenters. The Balaban J connectivity index is 2.48. The molecule has 0 fully saturated rings. The van der Waals surface area contributed by atoms with Crippen molar-refractivity contribution in [2.75, 3.05) is 27.7 Å². The van der Waals surface area contributed by atoms with E-state index in [0.29, 0.717) is 18.2 Å². The van der Waals surface area contributed by atoms with Gasteiger partial charge in [0.2, 0.25) is 5.91 Å². The van der Waals surface area contributed by atoms with Crippen LogP contribution in [0.1, 0.15) is 5.56 Å². The van der Waals surface area contributed by atoms with Crippen molar-refractivity contribution in [3.63, 3.8) is 0 Å². The molecule has 0 aromatic carbocycles. The summed E-state index contributed by atoms with van der Waals surface area (Å²) in [6.07, 6.45) is 1.72. The molecule has 1 aromatic heterocycles. The predicted molar refractivity (Wildman–Crippen MR) is 64.3 cm³/mol. The van der Waals surface area contributed by atoms with Crippen molar-refractivity contribution in [3.8, 4) is 0 Å². The quantitative estimate of drug-likeness (QED) is 0.745. The molecule has 0 saturated heterocycles. The molecule has 0 aliphatic rings. The van der Waals surface area contributed by atoms with E-state index in [-0.39, 0.29) is 5.91 Å². The maximum atomic E-state index is 11.4. The molecule has 88 valence electrons. The van der Waals surface area contributed by atoms with Crippen molar-refractivity contribution in [1.82, 2.24) is 14.8 Å². The number of hydrogen-bond donors (Lipinski definition) is 0. The Morgan fingerprint density at radius 2 is 2.06 bits per heavy atom. The van der Waals surface area contributed by atoms with Crippen molar-refractivity contribution >= 4 is 17.5 Å². The Bertz CT molecular complexity index is 351. The minimum absolute atomic E-state index is 0.0874. The number of carbonyl (C=O) groups excluding carboxylic acids is 1. The molecule has 5 heteroatoms. The van der Waals surface area contributed by atoms with E-state index in [0.717, 1.165) is 5.56 Å². The molecule has 0 spiro atoms. The first-order valence-electron chi connectivity index (χ1n) is 4.98. The molecule has 0 aliphatic heterocycles. The minimum atomic E-state index is 0.0874. The van der Waals surface area contributed by atoms with Crippen LogP contribution in [0.25, 0.3) is 0 Å². The van der Waals surface area contributed by atoms with Gasteiger partial charge in [-0.3, -0.25) is 9.69 Å². The molecule has 1 heterocycles. The van der Waals surface area contributed by atoms with Gasteiger partial charge in [0.25, 0.3) is 0 Å². The Kier molecular flexibility index (Phi) is 4.71. The Labute approximate surface area is 101 Å². The van der Waals surface area contributed by atoms with Crippen LogP contribution in [0.5, 0.6) is 0 Å². The number of amides is 1. The molecular formula is C11H16ClN3O. The average molecular weight is 242 g/mol. The second-order valence-electron chi connectivity index (χ2n) is 3.95. The average Bonchev–Trinajstić information content (AvgIpc) is 2.21. The Morgan fingerprint density at radius 3 is 2.56 bits per heavy atom. The summed E-state index contributed by atoms with van der Waals surface area (Å²) in [6, 6.07) is 3.66. The summed E-state index contributed by atoms with van der Waals surface area (Å²) in [5.74, 6) is 0.0874. The van der Waals surface area contributed by atoms with E-state index in [1.54, 1.807) is 31.3 Å². The number of pyridine rings is 1. The lowest BCUT2D eigenvalue weighted by Gasteiger charge is -2.18. The van der Waals surface area contributed by atoms with Crippen molar-refractivity contribution in [1.29, 1.82) is 0 Å². The zero-order chi connectivity index (χ0) is 12.1. The standard InChI is InChI=1S/C11H16ClN3O/c1-14(2)11(16)8-15(3)7-9-4-5-10(12)13-6-9/h4-6H,7-8H2,1-3H3. The van der Waals surface area contributed by atoms with Gasteiger partial charge in [0.05, 0.1) is 6.54 Å². The van der Waals surface area contributed by atoms with E-state index < -0.39 is 0 Å². The highest BCUT2D eigenvalue weighted by Gasteiger charge is 2.08. The fourth-order valence-electron chi connectivity index (χ4n) is 1.24. The highest BCUT2D eigenvalue weighted by Crippen LogP contribution is 2.07. The molecule has 16 heavy (non-hydrogen) atoms. The summed E-state index contributed by atoms with van der Waals surface area (Å²) < 4.78 is 0. The molecule has 1 rings (SSSR count). The van der Waals surface area contributed by atoms with Crippen LogP contribution < -0.4 is 0 Å². The normalized spacial score (nSPS) is 10.6. The van der Waals surface area contributed by atoms with Gasteiger partial charge in [-0.1, -0.05) is 17.7 Å². The summed E-state index contributed by atoms with van der Waals surface area (Å²) in [4.78, 5) is 19.0. The molecule has 4 nitrogen and oxygen atoms in total. The molecule has 1 aromatic rings. The van der Waals surface area contributed by atoms with Gasteiger partial charge in [0.1, 0.15) is 5.15 Å². The number of halogens is 1. The fraction of sp³-hybridized carbons (Fsp3) is 0.455. The number of rotatable bonds is 4.